The number of hydrogen-bond acceptors (Lipinski definition) is 4. The van der Waals surface area contributed by atoms with E-state index in [0.717, 1.165) is 63.9 Å². The second-order valence-electron chi connectivity index (χ2n) is 8.24. The fourth-order valence-corrected chi connectivity index (χ4v) is 4.23. The van der Waals surface area contributed by atoms with Crippen molar-refractivity contribution in [3.05, 3.63) is 24.3 Å². The summed E-state index contributed by atoms with van der Waals surface area (Å²) < 4.78 is 5.25. The van der Waals surface area contributed by atoms with Crippen molar-refractivity contribution in [1.82, 2.24) is 15.1 Å². The third kappa shape index (κ3) is 6.03. The van der Waals surface area contributed by atoms with Gasteiger partial charge in [-0.25, -0.2) is 0 Å². The lowest BCUT2D eigenvalue weighted by Gasteiger charge is -2.37. The van der Waals surface area contributed by atoms with Crippen molar-refractivity contribution in [2.75, 3.05) is 64.4 Å². The van der Waals surface area contributed by atoms with E-state index in [1.807, 2.05) is 17.0 Å². The van der Waals surface area contributed by atoms with E-state index < -0.39 is 0 Å². The number of rotatable bonds is 6. The van der Waals surface area contributed by atoms with Crippen LogP contribution in [0, 0.1) is 5.92 Å². The van der Waals surface area contributed by atoms with E-state index in [0.29, 0.717) is 18.9 Å². The lowest BCUT2D eigenvalue weighted by molar-refractivity contribution is -0.132. The summed E-state index contributed by atoms with van der Waals surface area (Å²) in [5.74, 6) is 2.66. The highest BCUT2D eigenvalue weighted by Gasteiger charge is 2.22. The Labute approximate surface area is 181 Å². The van der Waals surface area contributed by atoms with Gasteiger partial charge in [-0.1, -0.05) is 6.92 Å². The number of methoxy groups -OCH3 is 1. The second kappa shape index (κ2) is 11.1. The first kappa shape index (κ1) is 22.2. The van der Waals surface area contributed by atoms with Crippen LogP contribution in [0.25, 0.3) is 0 Å². The van der Waals surface area contributed by atoms with E-state index in [1.165, 1.54) is 12.1 Å². The highest BCUT2D eigenvalue weighted by Crippen LogP contribution is 2.20. The number of nitrogens with one attached hydrogen (secondary N) is 1. The normalized spacial score (nSPS) is 20.3. The summed E-state index contributed by atoms with van der Waals surface area (Å²) in [7, 11) is 1.69. The lowest BCUT2D eigenvalue weighted by Crippen LogP contribution is -2.52. The molecule has 0 saturated carbocycles. The molecular weight excluding hydrogens is 378 g/mol. The number of likely N-dealkylation sites (tertiary alicyclic amines) is 1. The third-order valence-electron chi connectivity index (χ3n) is 5.95. The number of ether oxygens (including phenoxy) is 1. The number of carbonyl (C=O) groups is 1. The zero-order valence-corrected chi connectivity index (χ0v) is 18.8. The minimum absolute atomic E-state index is 0.241. The van der Waals surface area contributed by atoms with Gasteiger partial charge in [-0.05, 0) is 49.9 Å². The molecule has 0 radical (unpaired) electrons. The predicted octanol–water partition coefficient (Wildman–Crippen LogP) is 2.43. The van der Waals surface area contributed by atoms with E-state index in [4.69, 9.17) is 9.73 Å². The fourth-order valence-electron chi connectivity index (χ4n) is 4.23. The number of piperazine rings is 1. The first-order valence-corrected chi connectivity index (χ1v) is 11.3. The van der Waals surface area contributed by atoms with Gasteiger partial charge >= 0.3 is 0 Å². The zero-order chi connectivity index (χ0) is 21.3. The Hall–Kier alpha value is -2.44. The molecular formula is C23H37N5O2. The quantitative estimate of drug-likeness (QED) is 0.571. The molecule has 2 fully saturated rings. The van der Waals surface area contributed by atoms with Crippen LogP contribution < -0.4 is 15.0 Å². The van der Waals surface area contributed by atoms with Crippen LogP contribution in [0.4, 0.5) is 5.69 Å². The summed E-state index contributed by atoms with van der Waals surface area (Å²) in [5.41, 5.74) is 1.22. The molecule has 0 aliphatic carbocycles. The van der Waals surface area contributed by atoms with Gasteiger partial charge < -0.3 is 24.8 Å². The van der Waals surface area contributed by atoms with Gasteiger partial charge in [0.15, 0.2) is 5.96 Å². The molecule has 7 heteroatoms. The number of hydrogen-bond donors (Lipinski definition) is 1. The molecule has 1 amide bonds. The average Bonchev–Trinajstić information content (AvgIpc) is 2.78. The van der Waals surface area contributed by atoms with Crippen LogP contribution in [0.5, 0.6) is 5.75 Å². The van der Waals surface area contributed by atoms with Gasteiger partial charge in [0.25, 0.3) is 0 Å². The summed E-state index contributed by atoms with van der Waals surface area (Å²) in [6.07, 6.45) is 2.85. The zero-order valence-electron chi connectivity index (χ0n) is 18.8. The molecule has 0 bridgehead atoms. The predicted molar refractivity (Wildman–Crippen MR) is 122 cm³/mol. The Bertz CT molecular complexity index is 698. The van der Waals surface area contributed by atoms with E-state index in [9.17, 15) is 4.79 Å². The van der Waals surface area contributed by atoms with Gasteiger partial charge in [-0.3, -0.25) is 9.79 Å². The molecule has 30 heavy (non-hydrogen) atoms. The molecule has 2 aliphatic heterocycles. The summed E-state index contributed by atoms with van der Waals surface area (Å²) in [6.45, 7) is 11.2. The van der Waals surface area contributed by atoms with Crippen molar-refractivity contribution >= 4 is 17.6 Å². The molecule has 0 aromatic heterocycles. The maximum atomic E-state index is 12.5. The number of aliphatic imine (C=N–C) groups is 1. The van der Waals surface area contributed by atoms with Gasteiger partial charge in [-0.15, -0.1) is 0 Å². The van der Waals surface area contributed by atoms with Crippen molar-refractivity contribution in [1.29, 1.82) is 0 Å². The molecule has 1 aromatic carbocycles. The minimum Gasteiger partial charge on any atom is -0.497 e. The standard InChI is InChI=1S/C23H37N5O2/c1-4-24-23(25-12-11-22(29)28-13-5-6-19(2)18-28)27-16-14-26(15-17-27)20-7-9-21(30-3)10-8-20/h7-10,19H,4-6,11-18H2,1-3H3,(H,24,25). The SMILES string of the molecule is CCNC(=NCCC(=O)N1CCCC(C)C1)N1CCN(c2ccc(OC)cc2)CC1. The average molecular weight is 416 g/mol. The molecule has 166 valence electrons. The van der Waals surface area contributed by atoms with Gasteiger partial charge in [0.2, 0.25) is 5.91 Å². The monoisotopic (exact) mass is 415 g/mol. The van der Waals surface area contributed by atoms with E-state index >= 15 is 0 Å². The van der Waals surface area contributed by atoms with E-state index in [2.05, 4.69) is 41.1 Å². The van der Waals surface area contributed by atoms with Crippen LogP contribution >= 0.6 is 0 Å². The molecule has 1 unspecified atom stereocenters. The maximum Gasteiger partial charge on any atom is 0.224 e. The van der Waals surface area contributed by atoms with Crippen molar-refractivity contribution < 1.29 is 9.53 Å². The summed E-state index contributed by atoms with van der Waals surface area (Å²) in [6, 6.07) is 8.24. The summed E-state index contributed by atoms with van der Waals surface area (Å²) in [4.78, 5) is 24.0. The molecule has 1 aromatic rings. The molecule has 1 N–H and O–H groups in total. The Morgan fingerprint density at radius 1 is 1.13 bits per heavy atom. The molecule has 2 heterocycles. The minimum atomic E-state index is 0.241. The maximum absolute atomic E-state index is 12.5. The number of guanidine groups is 1. The highest BCUT2D eigenvalue weighted by molar-refractivity contribution is 5.81. The summed E-state index contributed by atoms with van der Waals surface area (Å²) in [5, 5.41) is 3.40. The number of nitrogens with zero attached hydrogens (tertiary/aromatic N) is 4. The first-order valence-electron chi connectivity index (χ1n) is 11.3. The third-order valence-corrected chi connectivity index (χ3v) is 5.95. The van der Waals surface area contributed by atoms with Gasteiger partial charge in [0, 0.05) is 57.9 Å². The van der Waals surface area contributed by atoms with E-state index in [1.54, 1.807) is 7.11 Å². The number of carbonyl (C=O) groups excluding carboxylic acids is 1. The highest BCUT2D eigenvalue weighted by atomic mass is 16.5. The number of piperidine rings is 1. The van der Waals surface area contributed by atoms with Crippen LogP contribution in [-0.2, 0) is 4.79 Å². The lowest BCUT2D eigenvalue weighted by atomic mass is 10.00. The molecule has 2 saturated heterocycles. The molecule has 0 spiro atoms. The topological polar surface area (TPSA) is 60.4 Å². The van der Waals surface area contributed by atoms with Crippen molar-refractivity contribution in [2.24, 2.45) is 10.9 Å². The van der Waals surface area contributed by atoms with Crippen molar-refractivity contribution in [3.63, 3.8) is 0 Å². The molecule has 2 aliphatic rings. The van der Waals surface area contributed by atoms with Gasteiger partial charge in [0.05, 0.1) is 13.7 Å². The van der Waals surface area contributed by atoms with Crippen LogP contribution in [0.15, 0.2) is 29.3 Å². The van der Waals surface area contributed by atoms with Crippen molar-refractivity contribution in [2.45, 2.75) is 33.1 Å². The van der Waals surface area contributed by atoms with Crippen LogP contribution in [0.3, 0.4) is 0 Å². The first-order chi connectivity index (χ1) is 14.6. The van der Waals surface area contributed by atoms with Gasteiger partial charge in [0.1, 0.15) is 5.75 Å². The Morgan fingerprint density at radius 2 is 1.87 bits per heavy atom. The summed E-state index contributed by atoms with van der Waals surface area (Å²) >= 11 is 0. The van der Waals surface area contributed by atoms with Crippen LogP contribution in [-0.4, -0.2) is 81.1 Å². The number of benzene rings is 1. The number of amides is 1. The number of anilines is 1. The van der Waals surface area contributed by atoms with E-state index in [-0.39, 0.29) is 5.91 Å². The molecule has 7 nitrogen and oxygen atoms in total. The van der Waals surface area contributed by atoms with Gasteiger partial charge in [-0.2, -0.15) is 0 Å². The van der Waals surface area contributed by atoms with Crippen LogP contribution in [0.2, 0.25) is 0 Å². The second-order valence-corrected chi connectivity index (χ2v) is 8.24. The van der Waals surface area contributed by atoms with Crippen LogP contribution in [0.1, 0.15) is 33.1 Å². The molecule has 3 rings (SSSR count). The molecule has 1 atom stereocenters. The fraction of sp³-hybridized carbons (Fsp3) is 0.652. The smallest absolute Gasteiger partial charge is 0.224 e. The Morgan fingerprint density at radius 3 is 2.50 bits per heavy atom. The largest absolute Gasteiger partial charge is 0.497 e. The Kier molecular flexibility index (Phi) is 8.22. The van der Waals surface area contributed by atoms with Crippen molar-refractivity contribution in [3.8, 4) is 5.75 Å². The Balaban J connectivity index is 1.50.